The molecule has 21 heavy (non-hydrogen) atoms. The third kappa shape index (κ3) is 2.16. The molecule has 3 aromatic rings. The minimum absolute atomic E-state index is 0.320. The molecular formula is C13H9FN4O3. The van der Waals surface area contributed by atoms with Crippen molar-refractivity contribution in [1.82, 2.24) is 20.0 Å². The van der Waals surface area contributed by atoms with Gasteiger partial charge in [-0.25, -0.2) is 9.18 Å². The SMILES string of the molecule is COc1ccc2nnn(-c3ccc(C(=O)O)c(F)c3)c2n1. The molecule has 0 bridgehead atoms. The van der Waals surface area contributed by atoms with Crippen molar-refractivity contribution in [2.45, 2.75) is 0 Å². The van der Waals surface area contributed by atoms with Crippen molar-refractivity contribution in [3.05, 3.63) is 41.7 Å². The Labute approximate surface area is 117 Å². The fourth-order valence-electron chi connectivity index (χ4n) is 1.89. The molecule has 0 saturated heterocycles. The quantitative estimate of drug-likeness (QED) is 0.788. The summed E-state index contributed by atoms with van der Waals surface area (Å²) in [5.41, 5.74) is 0.810. The van der Waals surface area contributed by atoms with E-state index >= 15 is 0 Å². The molecule has 0 atom stereocenters. The first-order valence-electron chi connectivity index (χ1n) is 5.90. The van der Waals surface area contributed by atoms with E-state index in [0.29, 0.717) is 22.7 Å². The minimum atomic E-state index is -1.33. The Morgan fingerprint density at radius 3 is 2.81 bits per heavy atom. The number of nitrogens with zero attached hydrogens (tertiary/aromatic N) is 4. The highest BCUT2D eigenvalue weighted by Crippen LogP contribution is 2.19. The molecule has 0 saturated carbocycles. The molecular weight excluding hydrogens is 279 g/mol. The number of halogens is 1. The van der Waals surface area contributed by atoms with Gasteiger partial charge in [-0.3, -0.25) is 0 Å². The van der Waals surface area contributed by atoms with E-state index in [2.05, 4.69) is 15.3 Å². The number of methoxy groups -OCH3 is 1. The minimum Gasteiger partial charge on any atom is -0.481 e. The van der Waals surface area contributed by atoms with E-state index in [1.807, 2.05) is 0 Å². The van der Waals surface area contributed by atoms with Crippen LogP contribution in [0, 0.1) is 5.82 Å². The van der Waals surface area contributed by atoms with Crippen molar-refractivity contribution >= 4 is 17.1 Å². The van der Waals surface area contributed by atoms with Crippen LogP contribution in [0.2, 0.25) is 0 Å². The smallest absolute Gasteiger partial charge is 0.338 e. The van der Waals surface area contributed by atoms with E-state index in [1.165, 1.54) is 23.9 Å². The second-order valence-corrected chi connectivity index (χ2v) is 4.17. The Morgan fingerprint density at radius 2 is 2.14 bits per heavy atom. The third-order valence-corrected chi connectivity index (χ3v) is 2.91. The lowest BCUT2D eigenvalue weighted by atomic mass is 10.2. The van der Waals surface area contributed by atoms with Crippen molar-refractivity contribution in [3.8, 4) is 11.6 Å². The van der Waals surface area contributed by atoms with Crippen LogP contribution in [-0.4, -0.2) is 38.2 Å². The van der Waals surface area contributed by atoms with E-state index in [-0.39, 0.29) is 0 Å². The molecule has 0 aliphatic carbocycles. The van der Waals surface area contributed by atoms with Crippen LogP contribution < -0.4 is 4.74 Å². The van der Waals surface area contributed by atoms with E-state index < -0.39 is 17.3 Å². The Kier molecular flexibility index (Phi) is 2.98. The number of carboxylic acid groups (broad SMARTS) is 1. The Bertz CT molecular complexity index is 847. The first-order valence-corrected chi connectivity index (χ1v) is 5.90. The van der Waals surface area contributed by atoms with Gasteiger partial charge < -0.3 is 9.84 Å². The number of rotatable bonds is 3. The van der Waals surface area contributed by atoms with Crippen LogP contribution in [0.1, 0.15) is 10.4 Å². The number of carbonyl (C=O) groups is 1. The molecule has 0 spiro atoms. The number of ether oxygens (including phenoxy) is 1. The van der Waals surface area contributed by atoms with Gasteiger partial charge in [-0.1, -0.05) is 5.21 Å². The van der Waals surface area contributed by atoms with Crippen molar-refractivity contribution in [2.24, 2.45) is 0 Å². The van der Waals surface area contributed by atoms with Gasteiger partial charge in [0.25, 0.3) is 0 Å². The highest BCUT2D eigenvalue weighted by atomic mass is 19.1. The predicted octanol–water partition coefficient (Wildman–Crippen LogP) is 1.66. The lowest BCUT2D eigenvalue weighted by Crippen LogP contribution is -2.04. The number of pyridine rings is 1. The van der Waals surface area contributed by atoms with Crippen LogP contribution in [-0.2, 0) is 0 Å². The van der Waals surface area contributed by atoms with Gasteiger partial charge in [0.05, 0.1) is 18.4 Å². The molecule has 8 heteroatoms. The zero-order valence-corrected chi connectivity index (χ0v) is 10.8. The van der Waals surface area contributed by atoms with Gasteiger partial charge >= 0.3 is 5.97 Å². The zero-order chi connectivity index (χ0) is 15.0. The highest BCUT2D eigenvalue weighted by molar-refractivity contribution is 5.88. The standard InChI is InChI=1S/C13H9FN4O3/c1-21-11-5-4-10-12(15-11)18(17-16-10)7-2-3-8(13(19)20)9(14)6-7/h2-6H,1H3,(H,19,20). The molecule has 0 unspecified atom stereocenters. The summed E-state index contributed by atoms with van der Waals surface area (Å²) in [6.45, 7) is 0. The fourth-order valence-corrected chi connectivity index (χ4v) is 1.89. The monoisotopic (exact) mass is 288 g/mol. The summed E-state index contributed by atoms with van der Waals surface area (Å²) in [4.78, 5) is 15.0. The van der Waals surface area contributed by atoms with Crippen LogP contribution >= 0.6 is 0 Å². The summed E-state index contributed by atoms with van der Waals surface area (Å²) >= 11 is 0. The van der Waals surface area contributed by atoms with Crippen molar-refractivity contribution in [2.75, 3.05) is 7.11 Å². The summed E-state index contributed by atoms with van der Waals surface area (Å²) in [6.07, 6.45) is 0. The van der Waals surface area contributed by atoms with Gasteiger partial charge in [0, 0.05) is 12.1 Å². The van der Waals surface area contributed by atoms with Crippen molar-refractivity contribution < 1.29 is 19.0 Å². The fraction of sp³-hybridized carbons (Fsp3) is 0.0769. The molecule has 3 rings (SSSR count). The van der Waals surface area contributed by atoms with E-state index in [1.54, 1.807) is 12.1 Å². The molecule has 0 fully saturated rings. The maximum absolute atomic E-state index is 13.8. The van der Waals surface area contributed by atoms with Crippen molar-refractivity contribution in [3.63, 3.8) is 0 Å². The molecule has 2 aromatic heterocycles. The third-order valence-electron chi connectivity index (χ3n) is 2.91. The topological polar surface area (TPSA) is 90.1 Å². The number of carboxylic acids is 1. The van der Waals surface area contributed by atoms with E-state index in [0.717, 1.165) is 6.07 Å². The lowest BCUT2D eigenvalue weighted by molar-refractivity contribution is 0.0692. The van der Waals surface area contributed by atoms with Crippen molar-refractivity contribution in [1.29, 1.82) is 0 Å². The van der Waals surface area contributed by atoms with Crippen LogP contribution in [0.4, 0.5) is 4.39 Å². The van der Waals surface area contributed by atoms with Gasteiger partial charge in [0.15, 0.2) is 5.65 Å². The zero-order valence-electron chi connectivity index (χ0n) is 10.8. The number of benzene rings is 1. The molecule has 7 nitrogen and oxygen atoms in total. The van der Waals surface area contributed by atoms with Crippen LogP contribution in [0.25, 0.3) is 16.9 Å². The average Bonchev–Trinajstić information content (AvgIpc) is 2.89. The summed E-state index contributed by atoms with van der Waals surface area (Å²) < 4.78 is 20.1. The first-order chi connectivity index (χ1) is 10.1. The van der Waals surface area contributed by atoms with E-state index in [4.69, 9.17) is 9.84 Å². The molecule has 0 amide bonds. The molecule has 0 radical (unpaired) electrons. The molecule has 1 N–H and O–H groups in total. The van der Waals surface area contributed by atoms with Gasteiger partial charge in [-0.15, -0.1) is 5.10 Å². The number of aromatic carboxylic acids is 1. The molecule has 0 aliphatic heterocycles. The number of aromatic nitrogens is 4. The lowest BCUT2D eigenvalue weighted by Gasteiger charge is -2.04. The first kappa shape index (κ1) is 13.0. The maximum atomic E-state index is 13.8. The largest absolute Gasteiger partial charge is 0.481 e. The van der Waals surface area contributed by atoms with Gasteiger partial charge in [0.1, 0.15) is 11.3 Å². The van der Waals surface area contributed by atoms with Crippen LogP contribution in [0.3, 0.4) is 0 Å². The maximum Gasteiger partial charge on any atom is 0.338 e. The molecule has 1 aromatic carbocycles. The van der Waals surface area contributed by atoms with Gasteiger partial charge in [-0.2, -0.15) is 9.67 Å². The second kappa shape index (κ2) is 4.82. The van der Waals surface area contributed by atoms with Crippen LogP contribution in [0.5, 0.6) is 5.88 Å². The summed E-state index contributed by atoms with van der Waals surface area (Å²) in [5.74, 6) is -1.82. The molecule has 106 valence electrons. The Balaban J connectivity index is 2.16. The Hall–Kier alpha value is -3.03. The molecule has 2 heterocycles. The normalized spacial score (nSPS) is 10.8. The highest BCUT2D eigenvalue weighted by Gasteiger charge is 2.14. The van der Waals surface area contributed by atoms with Crippen LogP contribution in [0.15, 0.2) is 30.3 Å². The number of hydrogen-bond donors (Lipinski definition) is 1. The number of hydrogen-bond acceptors (Lipinski definition) is 5. The predicted molar refractivity (Wildman–Crippen MR) is 70.1 cm³/mol. The summed E-state index contributed by atoms with van der Waals surface area (Å²) in [5, 5.41) is 16.6. The average molecular weight is 288 g/mol. The molecule has 0 aliphatic rings. The second-order valence-electron chi connectivity index (χ2n) is 4.17. The summed E-state index contributed by atoms with van der Waals surface area (Å²) in [7, 11) is 1.48. The summed E-state index contributed by atoms with van der Waals surface area (Å²) in [6, 6.07) is 6.98. The number of fused-ring (bicyclic) bond motifs is 1. The van der Waals surface area contributed by atoms with E-state index in [9.17, 15) is 9.18 Å². The Morgan fingerprint density at radius 1 is 1.33 bits per heavy atom. The van der Waals surface area contributed by atoms with Gasteiger partial charge in [-0.05, 0) is 18.2 Å². The van der Waals surface area contributed by atoms with Gasteiger partial charge in [0.2, 0.25) is 5.88 Å².